The molecular formula is C20H36N6. The highest BCUT2D eigenvalue weighted by atomic mass is 15.3. The normalized spacial score (nSPS) is 25.9. The molecule has 1 N–H and O–H groups in total. The fourth-order valence-electron chi connectivity index (χ4n) is 4.18. The second kappa shape index (κ2) is 9.95. The Balaban J connectivity index is 1.59. The van der Waals surface area contributed by atoms with Crippen molar-refractivity contribution < 1.29 is 0 Å². The summed E-state index contributed by atoms with van der Waals surface area (Å²) in [6, 6.07) is 0.473. The van der Waals surface area contributed by atoms with Gasteiger partial charge in [0.05, 0.1) is 18.9 Å². The summed E-state index contributed by atoms with van der Waals surface area (Å²) >= 11 is 0. The Bertz CT molecular complexity index is 533. The molecule has 0 spiro atoms. The maximum Gasteiger partial charge on any atom is 0.194 e. The molecule has 3 heterocycles. The smallest absolute Gasteiger partial charge is 0.194 e. The zero-order valence-corrected chi connectivity index (χ0v) is 16.6. The SMILES string of the molecule is CCNC(=NCCN1CCCCCC1)N1CCC(C)C(n2ccnc2)C1. The highest BCUT2D eigenvalue weighted by Gasteiger charge is 2.28. The third-order valence-corrected chi connectivity index (χ3v) is 5.84. The van der Waals surface area contributed by atoms with Crippen molar-refractivity contribution in [3.63, 3.8) is 0 Å². The Morgan fingerprint density at radius 2 is 2.00 bits per heavy atom. The number of aromatic nitrogens is 2. The summed E-state index contributed by atoms with van der Waals surface area (Å²) in [7, 11) is 0. The standard InChI is InChI=1S/C20H36N6/c1-3-22-20(23-10-14-24-11-6-4-5-7-12-24)25-13-8-18(2)19(16-25)26-15-9-21-17-26/h9,15,17-19H,3-8,10-14,16H2,1-2H3,(H,22,23). The highest BCUT2D eigenvalue weighted by molar-refractivity contribution is 5.80. The van der Waals surface area contributed by atoms with Gasteiger partial charge in [0.25, 0.3) is 0 Å². The van der Waals surface area contributed by atoms with Crippen LogP contribution in [0.1, 0.15) is 52.0 Å². The summed E-state index contributed by atoms with van der Waals surface area (Å²) in [6.45, 7) is 12.0. The predicted octanol–water partition coefficient (Wildman–Crippen LogP) is 2.61. The summed E-state index contributed by atoms with van der Waals surface area (Å²) < 4.78 is 2.26. The van der Waals surface area contributed by atoms with Gasteiger partial charge in [-0.3, -0.25) is 4.99 Å². The Hall–Kier alpha value is -1.56. The minimum Gasteiger partial charge on any atom is -0.357 e. The van der Waals surface area contributed by atoms with Crippen LogP contribution in [0.4, 0.5) is 0 Å². The van der Waals surface area contributed by atoms with Gasteiger partial charge in [0.1, 0.15) is 0 Å². The van der Waals surface area contributed by atoms with Gasteiger partial charge < -0.3 is 19.7 Å². The van der Waals surface area contributed by atoms with Crippen molar-refractivity contribution in [1.82, 2.24) is 24.7 Å². The van der Waals surface area contributed by atoms with Crippen LogP contribution in [0.3, 0.4) is 0 Å². The predicted molar refractivity (Wildman–Crippen MR) is 108 cm³/mol. The van der Waals surface area contributed by atoms with Crippen LogP contribution >= 0.6 is 0 Å². The van der Waals surface area contributed by atoms with Crippen LogP contribution in [0.2, 0.25) is 0 Å². The second-order valence-corrected chi connectivity index (χ2v) is 7.78. The van der Waals surface area contributed by atoms with Crippen LogP contribution in [-0.2, 0) is 0 Å². The minimum atomic E-state index is 0.473. The van der Waals surface area contributed by atoms with E-state index in [2.05, 4.69) is 44.7 Å². The van der Waals surface area contributed by atoms with Crippen LogP contribution < -0.4 is 5.32 Å². The lowest BCUT2D eigenvalue weighted by molar-refractivity contribution is 0.188. The van der Waals surface area contributed by atoms with Crippen LogP contribution in [0.15, 0.2) is 23.7 Å². The van der Waals surface area contributed by atoms with Gasteiger partial charge in [-0.05, 0) is 45.2 Å². The van der Waals surface area contributed by atoms with E-state index in [0.29, 0.717) is 12.0 Å². The molecule has 6 nitrogen and oxygen atoms in total. The fourth-order valence-corrected chi connectivity index (χ4v) is 4.18. The number of hydrogen-bond donors (Lipinski definition) is 1. The molecule has 2 aliphatic rings. The Morgan fingerprint density at radius 1 is 1.19 bits per heavy atom. The summed E-state index contributed by atoms with van der Waals surface area (Å²) in [5.74, 6) is 1.75. The number of nitrogens with zero attached hydrogens (tertiary/aromatic N) is 5. The third-order valence-electron chi connectivity index (χ3n) is 5.84. The van der Waals surface area contributed by atoms with Crippen molar-refractivity contribution in [1.29, 1.82) is 0 Å². The number of likely N-dealkylation sites (tertiary alicyclic amines) is 2. The first-order valence-electron chi connectivity index (χ1n) is 10.5. The lowest BCUT2D eigenvalue weighted by Gasteiger charge is -2.39. The molecule has 2 aliphatic heterocycles. The Labute approximate surface area is 158 Å². The Kier molecular flexibility index (Phi) is 7.35. The quantitative estimate of drug-likeness (QED) is 0.648. The molecule has 26 heavy (non-hydrogen) atoms. The molecule has 0 aromatic carbocycles. The number of guanidine groups is 1. The van der Waals surface area contributed by atoms with Gasteiger partial charge >= 0.3 is 0 Å². The molecule has 2 unspecified atom stereocenters. The van der Waals surface area contributed by atoms with E-state index in [1.54, 1.807) is 0 Å². The van der Waals surface area contributed by atoms with E-state index in [1.165, 1.54) is 45.2 Å². The molecule has 1 aromatic rings. The number of piperidine rings is 1. The van der Waals surface area contributed by atoms with Crippen LogP contribution in [0, 0.1) is 5.92 Å². The van der Waals surface area contributed by atoms with E-state index in [-0.39, 0.29) is 0 Å². The van der Waals surface area contributed by atoms with Gasteiger partial charge in [-0.15, -0.1) is 0 Å². The van der Waals surface area contributed by atoms with E-state index in [0.717, 1.165) is 38.7 Å². The summed E-state index contributed by atoms with van der Waals surface area (Å²) in [6.07, 6.45) is 12.6. The summed E-state index contributed by atoms with van der Waals surface area (Å²) in [5.41, 5.74) is 0. The van der Waals surface area contributed by atoms with Gasteiger partial charge in [0.2, 0.25) is 0 Å². The molecule has 146 valence electrons. The lowest BCUT2D eigenvalue weighted by atomic mass is 9.93. The first kappa shape index (κ1) is 19.2. The van der Waals surface area contributed by atoms with E-state index >= 15 is 0 Å². The van der Waals surface area contributed by atoms with Gasteiger partial charge in [-0.2, -0.15) is 0 Å². The van der Waals surface area contributed by atoms with Gasteiger partial charge in [0, 0.05) is 38.6 Å². The topological polar surface area (TPSA) is 48.7 Å². The summed E-state index contributed by atoms with van der Waals surface area (Å²) in [5, 5.41) is 3.52. The molecule has 3 rings (SSSR count). The van der Waals surface area contributed by atoms with Crippen molar-refractivity contribution in [2.24, 2.45) is 10.9 Å². The van der Waals surface area contributed by atoms with E-state index in [4.69, 9.17) is 4.99 Å². The lowest BCUT2D eigenvalue weighted by Crippen LogP contribution is -2.49. The van der Waals surface area contributed by atoms with E-state index < -0.39 is 0 Å². The minimum absolute atomic E-state index is 0.473. The Morgan fingerprint density at radius 3 is 2.69 bits per heavy atom. The first-order chi connectivity index (χ1) is 12.8. The average Bonchev–Trinajstić information content (AvgIpc) is 3.06. The number of imidazole rings is 1. The van der Waals surface area contributed by atoms with Crippen LogP contribution in [0.5, 0.6) is 0 Å². The molecule has 1 aromatic heterocycles. The molecular weight excluding hydrogens is 324 g/mol. The van der Waals surface area contributed by atoms with Crippen molar-refractivity contribution in [3.05, 3.63) is 18.7 Å². The molecule has 0 bridgehead atoms. The van der Waals surface area contributed by atoms with E-state index in [9.17, 15) is 0 Å². The van der Waals surface area contributed by atoms with E-state index in [1.807, 2.05) is 12.5 Å². The number of rotatable bonds is 5. The molecule has 2 atom stereocenters. The first-order valence-corrected chi connectivity index (χ1v) is 10.5. The van der Waals surface area contributed by atoms with Crippen LogP contribution in [0.25, 0.3) is 0 Å². The fraction of sp³-hybridized carbons (Fsp3) is 0.800. The largest absolute Gasteiger partial charge is 0.357 e. The van der Waals surface area contributed by atoms with Crippen LogP contribution in [-0.4, -0.2) is 71.1 Å². The highest BCUT2D eigenvalue weighted by Crippen LogP contribution is 2.27. The maximum absolute atomic E-state index is 4.97. The molecule has 2 fully saturated rings. The monoisotopic (exact) mass is 360 g/mol. The van der Waals surface area contributed by atoms with Crippen molar-refractivity contribution >= 4 is 5.96 Å². The zero-order chi connectivity index (χ0) is 18.2. The van der Waals surface area contributed by atoms with Gasteiger partial charge in [0.15, 0.2) is 5.96 Å². The molecule has 0 radical (unpaired) electrons. The van der Waals surface area contributed by atoms with Gasteiger partial charge in [-0.1, -0.05) is 19.8 Å². The van der Waals surface area contributed by atoms with Crippen molar-refractivity contribution in [2.45, 2.75) is 52.0 Å². The molecule has 0 aliphatic carbocycles. The maximum atomic E-state index is 4.97. The number of nitrogens with one attached hydrogen (secondary N) is 1. The third kappa shape index (κ3) is 5.22. The van der Waals surface area contributed by atoms with Crippen molar-refractivity contribution in [2.75, 3.05) is 45.8 Å². The van der Waals surface area contributed by atoms with Gasteiger partial charge in [-0.25, -0.2) is 4.98 Å². The second-order valence-electron chi connectivity index (χ2n) is 7.78. The number of hydrogen-bond acceptors (Lipinski definition) is 3. The average molecular weight is 361 g/mol. The zero-order valence-electron chi connectivity index (χ0n) is 16.6. The summed E-state index contributed by atoms with van der Waals surface area (Å²) in [4.78, 5) is 14.2. The van der Waals surface area contributed by atoms with Crippen molar-refractivity contribution in [3.8, 4) is 0 Å². The molecule has 0 amide bonds. The number of aliphatic imine (C=N–C) groups is 1. The molecule has 6 heteroatoms. The molecule has 0 saturated carbocycles. The molecule has 2 saturated heterocycles.